The molecule has 1 aromatic rings. The highest BCUT2D eigenvalue weighted by Gasteiger charge is 2.09. The van der Waals surface area contributed by atoms with Crippen LogP contribution in [0.15, 0.2) is 23.1 Å². The molecule has 0 saturated carbocycles. The summed E-state index contributed by atoms with van der Waals surface area (Å²) in [7, 11) is 0. The minimum absolute atomic E-state index is 0.196. The Balaban J connectivity index is 2.55. The monoisotopic (exact) mass is 293 g/mol. The Morgan fingerprint density at radius 3 is 2.82 bits per heavy atom. The van der Waals surface area contributed by atoms with Gasteiger partial charge in [-0.15, -0.1) is 11.8 Å². The van der Waals surface area contributed by atoms with Gasteiger partial charge in [0, 0.05) is 28.3 Å². The van der Waals surface area contributed by atoms with E-state index in [1.165, 1.54) is 0 Å². The smallest absolute Gasteiger partial charge is 0.0542 e. The van der Waals surface area contributed by atoms with Gasteiger partial charge < -0.3 is 10.4 Å². The summed E-state index contributed by atoms with van der Waals surface area (Å²) in [6.07, 6.45) is 0.749. The number of rotatable bonds is 7. The number of benzene rings is 1. The maximum atomic E-state index is 8.96. The first-order valence-electron chi connectivity index (χ1n) is 5.59. The molecule has 0 heterocycles. The normalized spacial score (nSPS) is 12.7. The topological polar surface area (TPSA) is 32.3 Å². The van der Waals surface area contributed by atoms with Gasteiger partial charge in [-0.05, 0) is 31.2 Å². The summed E-state index contributed by atoms with van der Waals surface area (Å²) >= 11 is 13.7. The van der Waals surface area contributed by atoms with Crippen molar-refractivity contribution in [1.29, 1.82) is 0 Å². The Morgan fingerprint density at radius 2 is 2.18 bits per heavy atom. The van der Waals surface area contributed by atoms with E-state index in [0.29, 0.717) is 11.1 Å². The number of nitrogens with one attached hydrogen (secondary N) is 1. The fourth-order valence-electron chi connectivity index (χ4n) is 1.47. The van der Waals surface area contributed by atoms with Crippen LogP contribution in [0.2, 0.25) is 10.0 Å². The molecule has 0 aliphatic rings. The average molecular weight is 294 g/mol. The molecule has 0 saturated heterocycles. The summed E-state index contributed by atoms with van der Waals surface area (Å²) < 4.78 is 0. The summed E-state index contributed by atoms with van der Waals surface area (Å²) in [5.74, 6) is 0.870. The second kappa shape index (κ2) is 8.22. The van der Waals surface area contributed by atoms with Gasteiger partial charge in [0.1, 0.15) is 0 Å². The highest BCUT2D eigenvalue weighted by Crippen LogP contribution is 2.30. The molecule has 5 heteroatoms. The number of hydrogen-bond donors (Lipinski definition) is 2. The second-order valence-electron chi connectivity index (χ2n) is 3.65. The van der Waals surface area contributed by atoms with Gasteiger partial charge in [-0.3, -0.25) is 0 Å². The van der Waals surface area contributed by atoms with Crippen LogP contribution in [-0.2, 0) is 0 Å². The number of aliphatic hydroxyl groups is 1. The summed E-state index contributed by atoms with van der Waals surface area (Å²) in [4.78, 5) is 0.986. The fourth-order valence-corrected chi connectivity index (χ4v) is 3.07. The lowest BCUT2D eigenvalue weighted by atomic mass is 10.2. The van der Waals surface area contributed by atoms with Crippen molar-refractivity contribution >= 4 is 35.0 Å². The lowest BCUT2D eigenvalue weighted by Crippen LogP contribution is -2.32. The predicted octanol–water partition coefficient (Wildman–Crippen LogP) is 3.45. The Morgan fingerprint density at radius 1 is 1.41 bits per heavy atom. The number of aliphatic hydroxyl groups excluding tert-OH is 1. The van der Waals surface area contributed by atoms with Crippen LogP contribution >= 0.6 is 35.0 Å². The van der Waals surface area contributed by atoms with E-state index in [9.17, 15) is 0 Å². The lowest BCUT2D eigenvalue weighted by Gasteiger charge is -2.16. The summed E-state index contributed by atoms with van der Waals surface area (Å²) in [6.45, 7) is 3.15. The summed E-state index contributed by atoms with van der Waals surface area (Å²) in [5, 5.41) is 13.7. The van der Waals surface area contributed by atoms with E-state index in [-0.39, 0.29) is 6.61 Å². The third-order valence-electron chi connectivity index (χ3n) is 2.30. The first-order valence-corrected chi connectivity index (χ1v) is 7.33. The van der Waals surface area contributed by atoms with Crippen molar-refractivity contribution in [2.24, 2.45) is 0 Å². The molecule has 17 heavy (non-hydrogen) atoms. The molecule has 0 spiro atoms. The highest BCUT2D eigenvalue weighted by molar-refractivity contribution is 7.99. The Kier molecular flexibility index (Phi) is 7.32. The lowest BCUT2D eigenvalue weighted by molar-refractivity contribution is 0.271. The molecular weight excluding hydrogens is 277 g/mol. The van der Waals surface area contributed by atoms with Crippen molar-refractivity contribution in [2.45, 2.75) is 24.3 Å². The van der Waals surface area contributed by atoms with Gasteiger partial charge in [0.25, 0.3) is 0 Å². The largest absolute Gasteiger partial charge is 0.396 e. The van der Waals surface area contributed by atoms with Gasteiger partial charge in [-0.25, -0.2) is 0 Å². The minimum Gasteiger partial charge on any atom is -0.396 e. The van der Waals surface area contributed by atoms with Gasteiger partial charge in [0.2, 0.25) is 0 Å². The number of thioether (sulfide) groups is 1. The maximum Gasteiger partial charge on any atom is 0.0542 e. The van der Waals surface area contributed by atoms with Gasteiger partial charge in [-0.2, -0.15) is 0 Å². The zero-order chi connectivity index (χ0) is 12.7. The van der Waals surface area contributed by atoms with Crippen LogP contribution in [0.3, 0.4) is 0 Å². The zero-order valence-corrected chi connectivity index (χ0v) is 12.1. The molecule has 96 valence electrons. The number of hydrogen-bond acceptors (Lipinski definition) is 3. The molecule has 1 unspecified atom stereocenters. The first kappa shape index (κ1) is 15.1. The molecule has 0 aliphatic carbocycles. The molecule has 0 amide bonds. The highest BCUT2D eigenvalue weighted by atomic mass is 35.5. The van der Waals surface area contributed by atoms with Crippen LogP contribution in [0.1, 0.15) is 13.3 Å². The van der Waals surface area contributed by atoms with Crippen LogP contribution < -0.4 is 5.32 Å². The van der Waals surface area contributed by atoms with Gasteiger partial charge in [-0.1, -0.05) is 30.1 Å². The van der Waals surface area contributed by atoms with Crippen LogP contribution in [0.4, 0.5) is 0 Å². The third-order valence-corrected chi connectivity index (χ3v) is 4.20. The third kappa shape index (κ3) is 5.49. The van der Waals surface area contributed by atoms with E-state index in [0.717, 1.165) is 28.6 Å². The molecule has 0 fully saturated rings. The fraction of sp³-hybridized carbons (Fsp3) is 0.500. The molecule has 0 bridgehead atoms. The second-order valence-corrected chi connectivity index (χ2v) is 5.56. The molecule has 0 aromatic heterocycles. The molecule has 0 radical (unpaired) electrons. The van der Waals surface area contributed by atoms with Gasteiger partial charge >= 0.3 is 0 Å². The summed E-state index contributed by atoms with van der Waals surface area (Å²) in [5.41, 5.74) is 0. The maximum absolute atomic E-state index is 8.96. The van der Waals surface area contributed by atoms with Gasteiger partial charge in [0.15, 0.2) is 0 Å². The van der Waals surface area contributed by atoms with Crippen LogP contribution in [0.5, 0.6) is 0 Å². The van der Waals surface area contributed by atoms with E-state index in [2.05, 4.69) is 12.2 Å². The standard InChI is InChI=1S/C12H17Cl2NOS/c1-2-15-10(5-6-16)8-17-12-7-9(13)3-4-11(12)14/h3-4,7,10,15-16H,2,5-6,8H2,1H3. The summed E-state index contributed by atoms with van der Waals surface area (Å²) in [6, 6.07) is 5.76. The Hall–Kier alpha value is 0.0700. The van der Waals surface area contributed by atoms with Crippen molar-refractivity contribution in [3.8, 4) is 0 Å². The molecule has 1 aromatic carbocycles. The Labute approximate surface area is 117 Å². The van der Waals surface area contributed by atoms with E-state index >= 15 is 0 Å². The molecule has 0 aliphatic heterocycles. The van der Waals surface area contributed by atoms with E-state index in [1.807, 2.05) is 6.07 Å². The predicted molar refractivity (Wildman–Crippen MR) is 76.4 cm³/mol. The van der Waals surface area contributed by atoms with E-state index in [4.69, 9.17) is 28.3 Å². The van der Waals surface area contributed by atoms with Crippen LogP contribution in [0.25, 0.3) is 0 Å². The van der Waals surface area contributed by atoms with Crippen molar-refractivity contribution < 1.29 is 5.11 Å². The molecule has 2 N–H and O–H groups in total. The average Bonchev–Trinajstić information content (AvgIpc) is 2.30. The van der Waals surface area contributed by atoms with Crippen LogP contribution in [0, 0.1) is 0 Å². The van der Waals surface area contributed by atoms with Crippen molar-refractivity contribution in [1.82, 2.24) is 5.32 Å². The quantitative estimate of drug-likeness (QED) is 0.756. The van der Waals surface area contributed by atoms with E-state index < -0.39 is 0 Å². The van der Waals surface area contributed by atoms with Crippen molar-refractivity contribution in [2.75, 3.05) is 18.9 Å². The SMILES string of the molecule is CCNC(CCO)CSc1cc(Cl)ccc1Cl. The Bertz CT molecular complexity index is 343. The molecular formula is C12H17Cl2NOS. The van der Waals surface area contributed by atoms with Crippen molar-refractivity contribution in [3.63, 3.8) is 0 Å². The minimum atomic E-state index is 0.196. The van der Waals surface area contributed by atoms with Crippen molar-refractivity contribution in [3.05, 3.63) is 28.2 Å². The molecule has 1 atom stereocenters. The first-order chi connectivity index (χ1) is 8.17. The molecule has 2 nitrogen and oxygen atoms in total. The number of halogens is 2. The van der Waals surface area contributed by atoms with Crippen LogP contribution in [-0.4, -0.2) is 30.1 Å². The zero-order valence-electron chi connectivity index (χ0n) is 9.75. The molecule has 1 rings (SSSR count). The van der Waals surface area contributed by atoms with Gasteiger partial charge in [0.05, 0.1) is 5.02 Å². The van der Waals surface area contributed by atoms with E-state index in [1.54, 1.807) is 23.9 Å².